The van der Waals surface area contributed by atoms with E-state index in [-0.39, 0.29) is 17.4 Å². The van der Waals surface area contributed by atoms with Crippen LogP contribution in [0, 0.1) is 40.4 Å². The second kappa shape index (κ2) is 7.80. The van der Waals surface area contributed by atoms with Crippen molar-refractivity contribution >= 4 is 17.7 Å². The van der Waals surface area contributed by atoms with E-state index in [0.717, 1.165) is 43.8 Å². The van der Waals surface area contributed by atoms with Gasteiger partial charge in [-0.2, -0.15) is 0 Å². The summed E-state index contributed by atoms with van der Waals surface area (Å²) in [4.78, 5) is 34.8. The number of aliphatic carboxylic acids is 1. The largest absolute Gasteiger partial charge is 0.478 e. The van der Waals surface area contributed by atoms with Crippen LogP contribution in [0.25, 0.3) is 0 Å². The van der Waals surface area contributed by atoms with Crippen LogP contribution in [-0.2, 0) is 19.1 Å². The fourth-order valence-corrected chi connectivity index (χ4v) is 8.34. The number of carboxylic acids is 1. The minimum Gasteiger partial charge on any atom is -0.478 e. The first-order chi connectivity index (χ1) is 14.1. The third-order valence-corrected chi connectivity index (χ3v) is 9.75. The Labute approximate surface area is 179 Å². The quantitative estimate of drug-likeness (QED) is 0.526. The predicted molar refractivity (Wildman–Crippen MR) is 113 cm³/mol. The Morgan fingerprint density at radius 2 is 1.60 bits per heavy atom. The van der Waals surface area contributed by atoms with Crippen LogP contribution in [0.1, 0.15) is 78.6 Å². The van der Waals surface area contributed by atoms with Crippen LogP contribution in [0.4, 0.5) is 0 Å². The summed E-state index contributed by atoms with van der Waals surface area (Å²) in [5.74, 6) is 1.64. The summed E-state index contributed by atoms with van der Waals surface area (Å²) >= 11 is 0. The van der Waals surface area contributed by atoms with E-state index in [2.05, 4.69) is 13.8 Å². The molecule has 8 atom stereocenters. The smallest absolute Gasteiger partial charge is 0.331 e. The molecule has 0 aromatic heterocycles. The van der Waals surface area contributed by atoms with Gasteiger partial charge in [-0.15, -0.1) is 0 Å². The van der Waals surface area contributed by atoms with Crippen molar-refractivity contribution in [3.05, 3.63) is 12.2 Å². The van der Waals surface area contributed by atoms with Crippen molar-refractivity contribution in [1.29, 1.82) is 0 Å². The maximum Gasteiger partial charge on any atom is 0.331 e. The van der Waals surface area contributed by atoms with Gasteiger partial charge in [0.15, 0.2) is 0 Å². The molecule has 0 spiro atoms. The zero-order chi connectivity index (χ0) is 21.7. The number of Topliss-reactive ketones (excluding diaryl/α,β-unsaturated/α-hetero) is 1. The molecule has 0 saturated heterocycles. The first-order valence-corrected chi connectivity index (χ1v) is 11.8. The van der Waals surface area contributed by atoms with Gasteiger partial charge in [-0.1, -0.05) is 13.8 Å². The highest BCUT2D eigenvalue weighted by atomic mass is 16.5. The molecule has 0 aromatic carbocycles. The maximum absolute atomic E-state index is 12.3. The molecular formula is C25H36O5. The standard InChI is InChI=1S/C25H36O5/c1-15(26)19-6-7-20-18-5-4-16-14-17(30-23(29)9-8-22(27)28)10-12-24(16,2)21(18)11-13-25(19,20)3/h8-9,16-21H,4-7,10-14H2,1-3H3,(H,27,28)/b9-8+/t16-,17-,18?,19?,20?,21?,24+,25-/m1/s1. The third kappa shape index (κ3) is 3.52. The molecule has 0 heterocycles. The molecule has 30 heavy (non-hydrogen) atoms. The molecule has 4 fully saturated rings. The van der Waals surface area contributed by atoms with Gasteiger partial charge in [0, 0.05) is 18.1 Å². The molecule has 0 bridgehead atoms. The van der Waals surface area contributed by atoms with Crippen LogP contribution in [0.2, 0.25) is 0 Å². The SMILES string of the molecule is CC(=O)C1CCC2C3CC[C@@H]4C[C@H](OC(=O)/C=C/C(=O)O)CC[C@]4(C)C3CC[C@]12C. The number of carbonyl (C=O) groups is 3. The Kier molecular flexibility index (Phi) is 5.61. The molecule has 166 valence electrons. The Hall–Kier alpha value is -1.65. The zero-order valence-corrected chi connectivity index (χ0v) is 18.6. The molecule has 4 saturated carbocycles. The number of ether oxygens (including phenoxy) is 1. The number of ketones is 1. The van der Waals surface area contributed by atoms with Crippen molar-refractivity contribution in [3.63, 3.8) is 0 Å². The maximum atomic E-state index is 12.3. The minimum atomic E-state index is -1.13. The summed E-state index contributed by atoms with van der Waals surface area (Å²) in [5, 5.41) is 8.68. The average molecular weight is 417 g/mol. The van der Waals surface area contributed by atoms with Gasteiger partial charge in [0.2, 0.25) is 0 Å². The molecule has 5 heteroatoms. The van der Waals surface area contributed by atoms with Gasteiger partial charge in [0.25, 0.3) is 0 Å². The van der Waals surface area contributed by atoms with Crippen molar-refractivity contribution in [3.8, 4) is 0 Å². The van der Waals surface area contributed by atoms with Gasteiger partial charge in [-0.25, -0.2) is 9.59 Å². The van der Waals surface area contributed by atoms with E-state index in [4.69, 9.17) is 9.84 Å². The number of fused-ring (bicyclic) bond motifs is 5. The Balaban J connectivity index is 1.44. The van der Waals surface area contributed by atoms with Gasteiger partial charge >= 0.3 is 11.9 Å². The average Bonchev–Trinajstić information content (AvgIpc) is 3.04. The molecule has 0 radical (unpaired) electrons. The van der Waals surface area contributed by atoms with Crippen LogP contribution in [-0.4, -0.2) is 28.9 Å². The fraction of sp³-hybridized carbons (Fsp3) is 0.800. The lowest BCUT2D eigenvalue weighted by atomic mass is 9.44. The number of hydrogen-bond donors (Lipinski definition) is 1. The van der Waals surface area contributed by atoms with Crippen molar-refractivity contribution in [2.75, 3.05) is 0 Å². The van der Waals surface area contributed by atoms with E-state index in [0.29, 0.717) is 29.0 Å². The van der Waals surface area contributed by atoms with Gasteiger partial charge < -0.3 is 9.84 Å². The Morgan fingerprint density at radius 3 is 2.30 bits per heavy atom. The van der Waals surface area contributed by atoms with Gasteiger partial charge in [0.1, 0.15) is 11.9 Å². The van der Waals surface area contributed by atoms with E-state index in [1.165, 1.54) is 32.1 Å². The summed E-state index contributed by atoms with van der Waals surface area (Å²) < 4.78 is 5.57. The predicted octanol–water partition coefficient (Wildman–Crippen LogP) is 4.79. The summed E-state index contributed by atoms with van der Waals surface area (Å²) in [6, 6.07) is 0. The van der Waals surface area contributed by atoms with Gasteiger partial charge in [0.05, 0.1) is 0 Å². The van der Waals surface area contributed by atoms with Crippen LogP contribution < -0.4 is 0 Å². The second-order valence-corrected chi connectivity index (χ2v) is 10.9. The molecule has 4 rings (SSSR count). The molecule has 0 aliphatic heterocycles. The van der Waals surface area contributed by atoms with Gasteiger partial charge in [-0.3, -0.25) is 4.79 Å². The third-order valence-electron chi connectivity index (χ3n) is 9.75. The number of carbonyl (C=O) groups excluding carboxylic acids is 2. The molecule has 1 N–H and O–H groups in total. The summed E-state index contributed by atoms with van der Waals surface area (Å²) in [6.07, 6.45) is 11.7. The first kappa shape index (κ1) is 21.6. The van der Waals surface area contributed by atoms with Crippen molar-refractivity contribution in [1.82, 2.24) is 0 Å². The van der Waals surface area contributed by atoms with Crippen LogP contribution in [0.15, 0.2) is 12.2 Å². The topological polar surface area (TPSA) is 80.7 Å². The highest BCUT2D eigenvalue weighted by Gasteiger charge is 2.60. The first-order valence-electron chi connectivity index (χ1n) is 11.8. The van der Waals surface area contributed by atoms with Crippen LogP contribution in [0.5, 0.6) is 0 Å². The minimum absolute atomic E-state index is 0.104. The van der Waals surface area contributed by atoms with E-state index < -0.39 is 11.9 Å². The summed E-state index contributed by atoms with van der Waals surface area (Å²) in [6.45, 7) is 6.65. The second-order valence-electron chi connectivity index (χ2n) is 10.9. The zero-order valence-electron chi connectivity index (χ0n) is 18.6. The summed E-state index contributed by atoms with van der Waals surface area (Å²) in [5.41, 5.74) is 0.484. The molecule has 5 nitrogen and oxygen atoms in total. The lowest BCUT2D eigenvalue weighted by Gasteiger charge is -2.61. The molecule has 0 aromatic rings. The molecule has 0 amide bonds. The fourth-order valence-electron chi connectivity index (χ4n) is 8.34. The Bertz CT molecular complexity index is 757. The van der Waals surface area contributed by atoms with Crippen molar-refractivity contribution in [2.24, 2.45) is 40.4 Å². The summed E-state index contributed by atoms with van der Waals surface area (Å²) in [7, 11) is 0. The highest BCUT2D eigenvalue weighted by molar-refractivity contribution is 5.90. The van der Waals surface area contributed by atoms with Crippen LogP contribution in [0.3, 0.4) is 0 Å². The normalized spacial score (nSPS) is 45.3. The van der Waals surface area contributed by atoms with Gasteiger partial charge in [-0.05, 0) is 99.2 Å². The monoisotopic (exact) mass is 416 g/mol. The van der Waals surface area contributed by atoms with Crippen LogP contribution >= 0.6 is 0 Å². The highest BCUT2D eigenvalue weighted by Crippen LogP contribution is 2.67. The lowest BCUT2D eigenvalue weighted by Crippen LogP contribution is -2.54. The number of esters is 1. The van der Waals surface area contributed by atoms with E-state index in [9.17, 15) is 14.4 Å². The molecule has 4 aliphatic rings. The van der Waals surface area contributed by atoms with Crippen molar-refractivity contribution < 1.29 is 24.2 Å². The number of rotatable bonds is 4. The van der Waals surface area contributed by atoms with E-state index >= 15 is 0 Å². The molecule has 4 unspecified atom stereocenters. The number of carboxylic acid groups (broad SMARTS) is 1. The molecular weight excluding hydrogens is 380 g/mol. The van der Waals surface area contributed by atoms with E-state index in [1.54, 1.807) is 6.92 Å². The molecule has 4 aliphatic carbocycles. The van der Waals surface area contributed by atoms with E-state index in [1.807, 2.05) is 0 Å². The Morgan fingerprint density at radius 1 is 0.900 bits per heavy atom. The van der Waals surface area contributed by atoms with Crippen molar-refractivity contribution in [2.45, 2.75) is 84.7 Å². The lowest BCUT2D eigenvalue weighted by molar-refractivity contribution is -0.158. The number of hydrogen-bond acceptors (Lipinski definition) is 4.